The van der Waals surface area contributed by atoms with E-state index in [0.717, 1.165) is 32.5 Å². The first kappa shape index (κ1) is 23.8. The molecular formula is C26H27FN4O2S. The van der Waals surface area contributed by atoms with Crippen LogP contribution in [0.25, 0.3) is 6.08 Å². The lowest BCUT2D eigenvalue weighted by atomic mass is 10.0. The van der Waals surface area contributed by atoms with Crippen LogP contribution in [0, 0.1) is 5.82 Å². The maximum absolute atomic E-state index is 14.2. The van der Waals surface area contributed by atoms with Gasteiger partial charge >= 0.3 is 0 Å². The zero-order valence-electron chi connectivity index (χ0n) is 19.0. The number of carbonyl (C=O) groups is 2. The number of aromatic nitrogens is 1. The Kier molecular flexibility index (Phi) is 7.82. The molecule has 3 aromatic rings. The van der Waals surface area contributed by atoms with Gasteiger partial charge in [0.25, 0.3) is 0 Å². The second-order valence-electron chi connectivity index (χ2n) is 8.24. The maximum atomic E-state index is 14.2. The van der Waals surface area contributed by atoms with Gasteiger partial charge < -0.3 is 5.32 Å². The van der Waals surface area contributed by atoms with Gasteiger partial charge in [-0.25, -0.2) is 9.37 Å². The fraction of sp³-hybridized carbons (Fsp3) is 0.269. The van der Waals surface area contributed by atoms with Crippen molar-refractivity contribution in [3.05, 3.63) is 83.1 Å². The number of thiazole rings is 1. The molecule has 1 aromatic heterocycles. The van der Waals surface area contributed by atoms with Crippen molar-refractivity contribution in [3.63, 3.8) is 0 Å². The van der Waals surface area contributed by atoms with E-state index >= 15 is 0 Å². The molecule has 34 heavy (non-hydrogen) atoms. The molecule has 0 radical (unpaired) electrons. The minimum Gasteiger partial charge on any atom is -0.350 e. The Morgan fingerprint density at radius 2 is 1.85 bits per heavy atom. The molecular weight excluding hydrogens is 451 g/mol. The summed E-state index contributed by atoms with van der Waals surface area (Å²) in [7, 11) is 0. The van der Waals surface area contributed by atoms with Gasteiger partial charge in [-0.15, -0.1) is 11.3 Å². The van der Waals surface area contributed by atoms with Crippen molar-refractivity contribution < 1.29 is 14.0 Å². The van der Waals surface area contributed by atoms with Gasteiger partial charge in [0.05, 0.1) is 11.4 Å². The Hall–Kier alpha value is -3.36. The van der Waals surface area contributed by atoms with Crippen LogP contribution in [0.1, 0.15) is 31.0 Å². The average molecular weight is 479 g/mol. The molecule has 0 unspecified atom stereocenters. The summed E-state index contributed by atoms with van der Waals surface area (Å²) in [5.41, 5.74) is 1.99. The lowest BCUT2D eigenvalue weighted by Gasteiger charge is -2.32. The zero-order chi connectivity index (χ0) is 23.9. The lowest BCUT2D eigenvalue weighted by Crippen LogP contribution is -2.43. The molecule has 1 aliphatic rings. The highest BCUT2D eigenvalue weighted by Gasteiger charge is 2.21. The number of nitrogens with zero attached hydrogens (tertiary/aromatic N) is 3. The number of carbonyl (C=O) groups excluding carboxylic acids is 2. The van der Waals surface area contributed by atoms with Crippen molar-refractivity contribution in [3.8, 4) is 0 Å². The van der Waals surface area contributed by atoms with Crippen molar-refractivity contribution in [1.29, 1.82) is 0 Å². The van der Waals surface area contributed by atoms with Crippen LogP contribution in [0.15, 0.2) is 66.1 Å². The summed E-state index contributed by atoms with van der Waals surface area (Å²) < 4.78 is 14.2. The second-order valence-corrected chi connectivity index (χ2v) is 9.08. The highest BCUT2D eigenvalue weighted by molar-refractivity contribution is 7.14. The Bertz CT molecular complexity index is 1160. The van der Waals surface area contributed by atoms with Crippen molar-refractivity contribution in [2.75, 3.05) is 18.0 Å². The SMILES string of the molecule is CC(=O)N(c1nc(/C=C/C(=O)NC2CCN(Cc3ccccc3)CC2)cs1)c1ccccc1F. The van der Waals surface area contributed by atoms with Crippen molar-refractivity contribution in [2.45, 2.75) is 32.4 Å². The van der Waals surface area contributed by atoms with Crippen LogP contribution in [0.4, 0.5) is 15.2 Å². The van der Waals surface area contributed by atoms with E-state index in [0.29, 0.717) is 10.8 Å². The Labute approximate surface area is 202 Å². The van der Waals surface area contributed by atoms with E-state index in [-0.39, 0.29) is 23.5 Å². The van der Waals surface area contributed by atoms with E-state index in [1.807, 2.05) is 6.07 Å². The molecule has 0 aliphatic carbocycles. The van der Waals surface area contributed by atoms with Gasteiger partial charge in [-0.3, -0.25) is 19.4 Å². The predicted octanol–water partition coefficient (Wildman–Crippen LogP) is 4.76. The van der Waals surface area contributed by atoms with Crippen LogP contribution in [-0.2, 0) is 16.1 Å². The molecule has 0 saturated carbocycles. The van der Waals surface area contributed by atoms with E-state index in [1.165, 1.54) is 46.9 Å². The molecule has 1 aliphatic heterocycles. The number of likely N-dealkylation sites (tertiary alicyclic amines) is 1. The van der Waals surface area contributed by atoms with Gasteiger partial charge in [0, 0.05) is 44.1 Å². The van der Waals surface area contributed by atoms with Crippen LogP contribution in [0.2, 0.25) is 0 Å². The number of anilines is 2. The molecule has 1 saturated heterocycles. The Morgan fingerprint density at radius 3 is 2.56 bits per heavy atom. The number of rotatable bonds is 7. The number of hydrogen-bond donors (Lipinski definition) is 1. The highest BCUT2D eigenvalue weighted by Crippen LogP contribution is 2.31. The molecule has 1 fully saturated rings. The van der Waals surface area contributed by atoms with E-state index < -0.39 is 5.82 Å². The average Bonchev–Trinajstić information content (AvgIpc) is 3.29. The van der Waals surface area contributed by atoms with E-state index in [1.54, 1.807) is 23.6 Å². The molecule has 1 N–H and O–H groups in total. The number of para-hydroxylation sites is 1. The summed E-state index contributed by atoms with van der Waals surface area (Å²) >= 11 is 1.22. The summed E-state index contributed by atoms with van der Waals surface area (Å²) in [6.07, 6.45) is 4.88. The second kappa shape index (κ2) is 11.2. The number of nitrogens with one attached hydrogen (secondary N) is 1. The predicted molar refractivity (Wildman–Crippen MR) is 133 cm³/mol. The minimum absolute atomic E-state index is 0.143. The molecule has 6 nitrogen and oxygen atoms in total. The molecule has 2 aromatic carbocycles. The standard InChI is InChI=1S/C26H27FN4O2S/c1-19(32)31(24-10-6-5-9-23(24)27)26-29-22(18-34-26)11-12-25(33)28-21-13-15-30(16-14-21)17-20-7-3-2-4-8-20/h2-12,18,21H,13-17H2,1H3,(H,28,33)/b12-11+. The summed E-state index contributed by atoms with van der Waals surface area (Å²) in [6.45, 7) is 4.17. The maximum Gasteiger partial charge on any atom is 0.244 e. The topological polar surface area (TPSA) is 65.5 Å². The molecule has 2 heterocycles. The van der Waals surface area contributed by atoms with E-state index in [4.69, 9.17) is 0 Å². The number of hydrogen-bond acceptors (Lipinski definition) is 5. The Morgan fingerprint density at radius 1 is 1.15 bits per heavy atom. The van der Waals surface area contributed by atoms with Gasteiger partial charge in [0.1, 0.15) is 5.82 Å². The van der Waals surface area contributed by atoms with Crippen LogP contribution < -0.4 is 10.2 Å². The third-order valence-electron chi connectivity index (χ3n) is 5.70. The fourth-order valence-electron chi connectivity index (χ4n) is 3.98. The first-order chi connectivity index (χ1) is 16.5. The quantitative estimate of drug-likeness (QED) is 0.497. The molecule has 176 valence electrons. The van der Waals surface area contributed by atoms with Gasteiger partial charge in [0.2, 0.25) is 11.8 Å². The number of benzene rings is 2. The summed E-state index contributed by atoms with van der Waals surface area (Å²) in [5.74, 6) is -1.01. The highest BCUT2D eigenvalue weighted by atomic mass is 32.1. The van der Waals surface area contributed by atoms with E-state index in [2.05, 4.69) is 39.5 Å². The van der Waals surface area contributed by atoms with Crippen LogP contribution >= 0.6 is 11.3 Å². The van der Waals surface area contributed by atoms with Crippen molar-refractivity contribution >= 4 is 40.0 Å². The molecule has 4 rings (SSSR count). The van der Waals surface area contributed by atoms with Crippen LogP contribution in [0.5, 0.6) is 0 Å². The third-order valence-corrected chi connectivity index (χ3v) is 6.54. The molecule has 0 spiro atoms. The third kappa shape index (κ3) is 6.15. The molecule has 2 amide bonds. The van der Waals surface area contributed by atoms with E-state index in [9.17, 15) is 14.0 Å². The number of amides is 2. The fourth-order valence-corrected chi connectivity index (χ4v) is 4.83. The van der Waals surface area contributed by atoms with Gasteiger partial charge in [-0.05, 0) is 36.6 Å². The summed E-state index contributed by atoms with van der Waals surface area (Å²) in [4.78, 5) is 32.6. The monoisotopic (exact) mass is 478 g/mol. The van der Waals surface area contributed by atoms with Crippen molar-refractivity contribution in [2.24, 2.45) is 0 Å². The van der Waals surface area contributed by atoms with Crippen molar-refractivity contribution in [1.82, 2.24) is 15.2 Å². The Balaban J connectivity index is 1.30. The minimum atomic E-state index is -0.501. The van der Waals surface area contributed by atoms with Gasteiger partial charge in [0.15, 0.2) is 5.13 Å². The van der Waals surface area contributed by atoms with Gasteiger partial charge in [-0.2, -0.15) is 0 Å². The number of halogens is 1. The molecule has 8 heteroatoms. The number of piperidine rings is 1. The first-order valence-corrected chi connectivity index (χ1v) is 12.1. The molecule has 0 bridgehead atoms. The smallest absolute Gasteiger partial charge is 0.244 e. The lowest BCUT2D eigenvalue weighted by molar-refractivity contribution is -0.117. The largest absolute Gasteiger partial charge is 0.350 e. The molecule has 0 atom stereocenters. The van der Waals surface area contributed by atoms with Crippen LogP contribution in [-0.4, -0.2) is 40.8 Å². The van der Waals surface area contributed by atoms with Gasteiger partial charge in [-0.1, -0.05) is 42.5 Å². The summed E-state index contributed by atoms with van der Waals surface area (Å²) in [5, 5.41) is 5.15. The zero-order valence-corrected chi connectivity index (χ0v) is 19.8. The first-order valence-electron chi connectivity index (χ1n) is 11.2. The van der Waals surface area contributed by atoms with Crippen LogP contribution in [0.3, 0.4) is 0 Å². The normalized spacial score (nSPS) is 14.9. The summed E-state index contributed by atoms with van der Waals surface area (Å²) in [6, 6.07) is 16.6.